The lowest BCUT2D eigenvalue weighted by Crippen LogP contribution is -2.56. The zero-order chi connectivity index (χ0) is 21.7. The highest BCUT2D eigenvalue weighted by atomic mass is 32.2. The second-order valence-corrected chi connectivity index (χ2v) is 10.3. The Morgan fingerprint density at radius 3 is 2.40 bits per heavy atom. The average molecular weight is 438 g/mol. The Morgan fingerprint density at radius 1 is 1.13 bits per heavy atom. The first-order valence-corrected chi connectivity index (χ1v) is 12.5. The Labute approximate surface area is 180 Å². The Kier molecular flexibility index (Phi) is 7.76. The summed E-state index contributed by atoms with van der Waals surface area (Å²) in [5.74, 6) is 0. The lowest BCUT2D eigenvalue weighted by atomic mass is 9.99. The minimum atomic E-state index is -3.53. The quantitative estimate of drug-likeness (QED) is 0.742. The molecule has 2 fully saturated rings. The summed E-state index contributed by atoms with van der Waals surface area (Å²) >= 11 is 0. The smallest absolute Gasteiger partial charge is 0.317 e. The van der Waals surface area contributed by atoms with Crippen LogP contribution in [0.25, 0.3) is 0 Å². The van der Waals surface area contributed by atoms with Gasteiger partial charge in [-0.2, -0.15) is 4.31 Å². The number of carbonyl (C=O) groups is 1. The molecule has 0 spiro atoms. The third-order valence-corrected chi connectivity index (χ3v) is 8.16. The van der Waals surface area contributed by atoms with Gasteiger partial charge in [0, 0.05) is 44.9 Å². The van der Waals surface area contributed by atoms with Crippen molar-refractivity contribution < 1.29 is 17.9 Å². The number of sulfonamides is 1. The molecule has 2 amide bonds. The molecule has 0 aliphatic carbocycles. The van der Waals surface area contributed by atoms with Crippen molar-refractivity contribution in [2.45, 2.75) is 69.9 Å². The van der Waals surface area contributed by atoms with Gasteiger partial charge in [-0.05, 0) is 63.1 Å². The van der Waals surface area contributed by atoms with E-state index in [9.17, 15) is 13.2 Å². The molecule has 0 bridgehead atoms. The van der Waals surface area contributed by atoms with Crippen LogP contribution in [0.15, 0.2) is 23.1 Å². The fourth-order valence-electron chi connectivity index (χ4n) is 4.40. The van der Waals surface area contributed by atoms with Crippen LogP contribution in [0.3, 0.4) is 0 Å². The number of benzene rings is 1. The van der Waals surface area contributed by atoms with Gasteiger partial charge in [-0.3, -0.25) is 0 Å². The highest BCUT2D eigenvalue weighted by molar-refractivity contribution is 7.89. The zero-order valence-corrected chi connectivity index (χ0v) is 19.2. The normalized spacial score (nSPS) is 19.6. The predicted molar refractivity (Wildman–Crippen MR) is 117 cm³/mol. The molecule has 7 nitrogen and oxygen atoms in total. The van der Waals surface area contributed by atoms with Gasteiger partial charge in [-0.1, -0.05) is 19.1 Å². The van der Waals surface area contributed by atoms with Crippen LogP contribution in [0.5, 0.6) is 0 Å². The van der Waals surface area contributed by atoms with Crippen molar-refractivity contribution in [3.05, 3.63) is 29.3 Å². The summed E-state index contributed by atoms with van der Waals surface area (Å²) in [5.41, 5.74) is 1.71. The molecule has 1 aromatic rings. The minimum absolute atomic E-state index is 0.0282. The molecular formula is C22H35N3O4S. The van der Waals surface area contributed by atoms with Gasteiger partial charge in [0.25, 0.3) is 0 Å². The van der Waals surface area contributed by atoms with E-state index >= 15 is 0 Å². The maximum Gasteiger partial charge on any atom is 0.317 e. The molecule has 2 aliphatic heterocycles. The molecule has 1 aromatic carbocycles. The van der Waals surface area contributed by atoms with Crippen LogP contribution in [0.4, 0.5) is 4.79 Å². The molecule has 0 atom stereocenters. The van der Waals surface area contributed by atoms with Crippen LogP contribution in [-0.2, 0) is 14.8 Å². The van der Waals surface area contributed by atoms with E-state index in [4.69, 9.17) is 4.74 Å². The second-order valence-electron chi connectivity index (χ2n) is 8.39. The highest BCUT2D eigenvalue weighted by Crippen LogP contribution is 2.28. The molecule has 8 heteroatoms. The molecule has 30 heavy (non-hydrogen) atoms. The first-order chi connectivity index (χ1) is 14.3. The van der Waals surface area contributed by atoms with Gasteiger partial charge in [0.2, 0.25) is 10.0 Å². The van der Waals surface area contributed by atoms with E-state index in [1.54, 1.807) is 10.4 Å². The Morgan fingerprint density at radius 2 is 1.77 bits per heavy atom. The van der Waals surface area contributed by atoms with Crippen LogP contribution < -0.4 is 5.32 Å². The van der Waals surface area contributed by atoms with Crippen LogP contribution in [-0.4, -0.2) is 68.6 Å². The van der Waals surface area contributed by atoms with E-state index in [0.29, 0.717) is 50.6 Å². The second kappa shape index (κ2) is 10.1. The standard InChI is InChI=1S/C22H35N3O4S/c1-4-11-23-22(26)25(20-9-14-29-15-10-20)19-7-12-24(13-8-19)30(27,28)21-16-17(2)5-6-18(21)3/h5-6,16,19-20H,4,7-15H2,1-3H3,(H,23,26). The zero-order valence-electron chi connectivity index (χ0n) is 18.4. The third-order valence-electron chi connectivity index (χ3n) is 6.12. The number of urea groups is 1. The van der Waals surface area contributed by atoms with Gasteiger partial charge in [0.05, 0.1) is 4.90 Å². The van der Waals surface area contributed by atoms with Crippen molar-refractivity contribution in [3.8, 4) is 0 Å². The summed E-state index contributed by atoms with van der Waals surface area (Å²) in [6, 6.07) is 5.72. The Balaban J connectivity index is 1.72. The average Bonchev–Trinajstić information content (AvgIpc) is 2.75. The van der Waals surface area contributed by atoms with Crippen molar-refractivity contribution in [2.75, 3.05) is 32.8 Å². The molecular weight excluding hydrogens is 402 g/mol. The summed E-state index contributed by atoms with van der Waals surface area (Å²) < 4.78 is 33.5. The molecule has 0 radical (unpaired) electrons. The maximum atomic E-state index is 13.2. The molecule has 0 aromatic heterocycles. The van der Waals surface area contributed by atoms with E-state index in [1.165, 1.54) is 0 Å². The minimum Gasteiger partial charge on any atom is -0.381 e. The van der Waals surface area contributed by atoms with E-state index in [2.05, 4.69) is 5.32 Å². The number of piperidine rings is 1. The predicted octanol–water partition coefficient (Wildman–Crippen LogP) is 3.06. The van der Waals surface area contributed by atoms with E-state index in [0.717, 1.165) is 30.4 Å². The summed E-state index contributed by atoms with van der Waals surface area (Å²) in [7, 11) is -3.53. The van der Waals surface area contributed by atoms with Gasteiger partial charge >= 0.3 is 6.03 Å². The summed E-state index contributed by atoms with van der Waals surface area (Å²) in [6.07, 6.45) is 3.86. The topological polar surface area (TPSA) is 79.0 Å². The molecule has 168 valence electrons. The van der Waals surface area contributed by atoms with Crippen molar-refractivity contribution in [1.82, 2.24) is 14.5 Å². The lowest BCUT2D eigenvalue weighted by Gasteiger charge is -2.43. The van der Waals surface area contributed by atoms with Crippen LogP contribution in [0.1, 0.15) is 50.2 Å². The molecule has 2 heterocycles. The van der Waals surface area contributed by atoms with Gasteiger partial charge < -0.3 is 15.0 Å². The van der Waals surface area contributed by atoms with Crippen LogP contribution >= 0.6 is 0 Å². The summed E-state index contributed by atoms with van der Waals surface area (Å²) in [4.78, 5) is 15.3. The monoisotopic (exact) mass is 437 g/mol. The van der Waals surface area contributed by atoms with Gasteiger partial charge in [-0.25, -0.2) is 13.2 Å². The van der Waals surface area contributed by atoms with Crippen molar-refractivity contribution >= 4 is 16.1 Å². The fourth-order valence-corrected chi connectivity index (χ4v) is 6.18. The maximum absolute atomic E-state index is 13.2. The number of ether oxygens (including phenoxy) is 1. The number of carbonyl (C=O) groups excluding carboxylic acids is 1. The highest BCUT2D eigenvalue weighted by Gasteiger charge is 2.37. The number of rotatable bonds is 6. The van der Waals surface area contributed by atoms with Crippen molar-refractivity contribution in [3.63, 3.8) is 0 Å². The first kappa shape index (κ1) is 23.0. The van der Waals surface area contributed by atoms with Crippen molar-refractivity contribution in [2.24, 2.45) is 0 Å². The Hall–Kier alpha value is -1.64. The fraction of sp³-hybridized carbons (Fsp3) is 0.682. The molecule has 2 saturated heterocycles. The number of amides is 2. The Bertz CT molecular complexity index is 829. The number of aryl methyl sites for hydroxylation is 2. The SMILES string of the molecule is CCCNC(=O)N(C1CCOCC1)C1CCN(S(=O)(=O)c2cc(C)ccc2C)CC1. The lowest BCUT2D eigenvalue weighted by molar-refractivity contribution is 0.0255. The van der Waals surface area contributed by atoms with E-state index < -0.39 is 10.0 Å². The number of nitrogens with one attached hydrogen (secondary N) is 1. The van der Waals surface area contributed by atoms with Gasteiger partial charge in [-0.15, -0.1) is 0 Å². The van der Waals surface area contributed by atoms with Crippen LogP contribution in [0, 0.1) is 13.8 Å². The molecule has 3 rings (SSSR count). The summed E-state index contributed by atoms with van der Waals surface area (Å²) in [5, 5.41) is 3.02. The van der Waals surface area contributed by atoms with Crippen molar-refractivity contribution in [1.29, 1.82) is 0 Å². The van der Waals surface area contributed by atoms with Gasteiger partial charge in [0.1, 0.15) is 0 Å². The number of nitrogens with zero attached hydrogens (tertiary/aromatic N) is 2. The molecule has 0 unspecified atom stereocenters. The number of hydrogen-bond acceptors (Lipinski definition) is 4. The van der Waals surface area contributed by atoms with Crippen LogP contribution in [0.2, 0.25) is 0 Å². The number of hydrogen-bond donors (Lipinski definition) is 1. The van der Waals surface area contributed by atoms with E-state index in [1.807, 2.05) is 37.8 Å². The third kappa shape index (κ3) is 5.15. The van der Waals surface area contributed by atoms with Gasteiger partial charge in [0.15, 0.2) is 0 Å². The first-order valence-electron chi connectivity index (χ1n) is 11.1. The summed E-state index contributed by atoms with van der Waals surface area (Å²) in [6.45, 7) is 8.63. The molecule has 2 aliphatic rings. The largest absolute Gasteiger partial charge is 0.381 e. The van der Waals surface area contributed by atoms with E-state index in [-0.39, 0.29) is 18.1 Å². The molecule has 0 saturated carbocycles. The molecule has 1 N–H and O–H groups in total.